The smallest absolute Gasteiger partial charge is 0.340 e. The van der Waals surface area contributed by atoms with E-state index in [1.165, 1.54) is 14.2 Å². The molecule has 144 valence electrons. The van der Waals surface area contributed by atoms with Crippen LogP contribution >= 0.6 is 0 Å². The molecular formula is C19H19F2NO5. The number of nitrogens with one attached hydrogen (secondary N) is 1. The second-order valence-corrected chi connectivity index (χ2v) is 5.57. The Bertz CT molecular complexity index is 832. The summed E-state index contributed by atoms with van der Waals surface area (Å²) >= 11 is 0. The van der Waals surface area contributed by atoms with Crippen LogP contribution in [0.4, 0.5) is 14.5 Å². The summed E-state index contributed by atoms with van der Waals surface area (Å²) in [5.74, 6) is -2.36. The van der Waals surface area contributed by atoms with Gasteiger partial charge in [0.2, 0.25) is 5.91 Å². The molecule has 0 aliphatic carbocycles. The highest BCUT2D eigenvalue weighted by Gasteiger charge is 2.18. The van der Waals surface area contributed by atoms with Crippen LogP contribution in [0.25, 0.3) is 0 Å². The van der Waals surface area contributed by atoms with E-state index in [2.05, 4.69) is 10.1 Å². The first kappa shape index (κ1) is 20.2. The Morgan fingerprint density at radius 3 is 2.11 bits per heavy atom. The lowest BCUT2D eigenvalue weighted by Gasteiger charge is -2.10. The van der Waals surface area contributed by atoms with Gasteiger partial charge in [-0.3, -0.25) is 4.79 Å². The molecule has 2 aromatic rings. The third-order valence-electron chi connectivity index (χ3n) is 3.79. The van der Waals surface area contributed by atoms with Gasteiger partial charge in [-0.1, -0.05) is 0 Å². The van der Waals surface area contributed by atoms with E-state index in [1.807, 2.05) is 0 Å². The van der Waals surface area contributed by atoms with E-state index in [0.29, 0.717) is 24.0 Å². The van der Waals surface area contributed by atoms with Gasteiger partial charge in [-0.2, -0.15) is 0 Å². The van der Waals surface area contributed by atoms with Crippen molar-refractivity contribution < 1.29 is 32.6 Å². The first-order chi connectivity index (χ1) is 12.9. The van der Waals surface area contributed by atoms with Crippen molar-refractivity contribution in [2.24, 2.45) is 0 Å². The summed E-state index contributed by atoms with van der Waals surface area (Å²) in [7, 11) is 4.11. The topological polar surface area (TPSA) is 73.9 Å². The third kappa shape index (κ3) is 5.16. The maximum Gasteiger partial charge on any atom is 0.340 e. The fraction of sp³-hybridized carbons (Fsp3) is 0.263. The lowest BCUT2D eigenvalue weighted by Crippen LogP contribution is -2.15. The van der Waals surface area contributed by atoms with E-state index in [9.17, 15) is 18.4 Å². The summed E-state index contributed by atoms with van der Waals surface area (Å²) in [5, 5.41) is 2.33. The molecule has 0 saturated carbocycles. The highest BCUT2D eigenvalue weighted by molar-refractivity contribution is 5.95. The van der Waals surface area contributed by atoms with Gasteiger partial charge >= 0.3 is 5.97 Å². The summed E-state index contributed by atoms with van der Waals surface area (Å²) < 4.78 is 42.3. The van der Waals surface area contributed by atoms with E-state index in [4.69, 9.17) is 9.47 Å². The van der Waals surface area contributed by atoms with E-state index in [0.717, 1.165) is 18.7 Å². The summed E-state index contributed by atoms with van der Waals surface area (Å²) in [4.78, 5) is 23.6. The number of amides is 1. The lowest BCUT2D eigenvalue weighted by atomic mass is 10.1. The Kier molecular flexibility index (Phi) is 6.70. The maximum absolute atomic E-state index is 13.9. The molecule has 6 nitrogen and oxygen atoms in total. The molecule has 8 heteroatoms. The Balaban J connectivity index is 2.09. The summed E-state index contributed by atoms with van der Waals surface area (Å²) in [5.41, 5.74) is 0.0212. The van der Waals surface area contributed by atoms with Gasteiger partial charge in [-0.05, 0) is 30.2 Å². The molecule has 0 saturated heterocycles. The maximum atomic E-state index is 13.9. The Labute approximate surface area is 155 Å². The minimum absolute atomic E-state index is 0.0285. The predicted octanol–water partition coefficient (Wildman–Crippen LogP) is 3.34. The standard InChI is InChI=1S/C19H19F2NO5/c1-25-12-6-11(7-13(8-12)26-2)4-5-18(23)22-17-9-14(19(24)27-3)15(20)10-16(17)21/h6-10H,4-5H2,1-3H3,(H,22,23). The third-order valence-corrected chi connectivity index (χ3v) is 3.79. The molecule has 0 aliphatic rings. The molecule has 0 aliphatic heterocycles. The lowest BCUT2D eigenvalue weighted by molar-refractivity contribution is -0.116. The molecule has 0 spiro atoms. The van der Waals surface area contributed by atoms with Crippen LogP contribution in [-0.2, 0) is 16.0 Å². The average molecular weight is 379 g/mol. The highest BCUT2D eigenvalue weighted by atomic mass is 19.1. The number of methoxy groups -OCH3 is 3. The number of aryl methyl sites for hydroxylation is 1. The van der Waals surface area contributed by atoms with Crippen molar-refractivity contribution >= 4 is 17.6 Å². The first-order valence-electron chi connectivity index (χ1n) is 7.97. The molecule has 0 radical (unpaired) electrons. The van der Waals surface area contributed by atoms with Crippen molar-refractivity contribution in [3.05, 3.63) is 53.1 Å². The minimum atomic E-state index is -1.07. The number of hydrogen-bond acceptors (Lipinski definition) is 5. The number of benzene rings is 2. The van der Waals surface area contributed by atoms with E-state index < -0.39 is 29.1 Å². The van der Waals surface area contributed by atoms with Gasteiger partial charge < -0.3 is 19.5 Å². The second kappa shape index (κ2) is 8.98. The zero-order chi connectivity index (χ0) is 20.0. The van der Waals surface area contributed by atoms with Crippen molar-refractivity contribution in [2.45, 2.75) is 12.8 Å². The second-order valence-electron chi connectivity index (χ2n) is 5.57. The molecule has 0 bridgehead atoms. The van der Waals surface area contributed by atoms with Crippen LogP contribution in [0.5, 0.6) is 11.5 Å². The molecular weight excluding hydrogens is 360 g/mol. The van der Waals surface area contributed by atoms with Crippen LogP contribution in [0, 0.1) is 11.6 Å². The van der Waals surface area contributed by atoms with Crippen molar-refractivity contribution in [3.8, 4) is 11.5 Å². The van der Waals surface area contributed by atoms with Crippen molar-refractivity contribution in [1.82, 2.24) is 0 Å². The largest absolute Gasteiger partial charge is 0.497 e. The molecule has 0 heterocycles. The zero-order valence-electron chi connectivity index (χ0n) is 15.1. The summed E-state index contributed by atoms with van der Waals surface area (Å²) in [6.45, 7) is 0. The monoisotopic (exact) mass is 379 g/mol. The van der Waals surface area contributed by atoms with Crippen molar-refractivity contribution in [3.63, 3.8) is 0 Å². The highest BCUT2D eigenvalue weighted by Crippen LogP contribution is 2.24. The summed E-state index contributed by atoms with van der Waals surface area (Å²) in [6, 6.07) is 6.64. The number of halogens is 2. The molecule has 27 heavy (non-hydrogen) atoms. The van der Waals surface area contributed by atoms with E-state index >= 15 is 0 Å². The Hall–Kier alpha value is -3.16. The van der Waals surface area contributed by atoms with Gasteiger partial charge in [0.25, 0.3) is 0 Å². The number of carbonyl (C=O) groups excluding carboxylic acids is 2. The zero-order valence-corrected chi connectivity index (χ0v) is 15.1. The number of anilines is 1. The molecule has 2 aromatic carbocycles. The number of rotatable bonds is 7. The van der Waals surface area contributed by atoms with Crippen LogP contribution in [0.15, 0.2) is 30.3 Å². The number of esters is 1. The quantitative estimate of drug-likeness (QED) is 0.747. The average Bonchev–Trinajstić information content (AvgIpc) is 2.67. The van der Waals surface area contributed by atoms with Gasteiger partial charge in [0.05, 0.1) is 32.6 Å². The van der Waals surface area contributed by atoms with Crippen LogP contribution < -0.4 is 14.8 Å². The minimum Gasteiger partial charge on any atom is -0.497 e. The molecule has 0 atom stereocenters. The van der Waals surface area contributed by atoms with E-state index in [1.54, 1.807) is 18.2 Å². The molecule has 0 aromatic heterocycles. The molecule has 1 N–H and O–H groups in total. The molecule has 1 amide bonds. The van der Waals surface area contributed by atoms with Gasteiger partial charge in [-0.25, -0.2) is 13.6 Å². The Morgan fingerprint density at radius 1 is 0.926 bits per heavy atom. The number of carbonyl (C=O) groups is 2. The van der Waals surface area contributed by atoms with Gasteiger partial charge in [-0.15, -0.1) is 0 Å². The van der Waals surface area contributed by atoms with Gasteiger partial charge in [0.15, 0.2) is 0 Å². The Morgan fingerprint density at radius 2 is 1.56 bits per heavy atom. The first-order valence-corrected chi connectivity index (χ1v) is 7.97. The number of ether oxygens (including phenoxy) is 3. The van der Waals surface area contributed by atoms with Crippen LogP contribution in [-0.4, -0.2) is 33.2 Å². The van der Waals surface area contributed by atoms with E-state index in [-0.39, 0.29) is 12.1 Å². The molecule has 0 unspecified atom stereocenters. The van der Waals surface area contributed by atoms with Crippen molar-refractivity contribution in [2.75, 3.05) is 26.6 Å². The van der Waals surface area contributed by atoms with Gasteiger partial charge in [0, 0.05) is 18.6 Å². The fourth-order valence-electron chi connectivity index (χ4n) is 2.39. The van der Waals surface area contributed by atoms with Crippen molar-refractivity contribution in [1.29, 1.82) is 0 Å². The van der Waals surface area contributed by atoms with Crippen LogP contribution in [0.1, 0.15) is 22.3 Å². The SMILES string of the molecule is COC(=O)c1cc(NC(=O)CCc2cc(OC)cc(OC)c2)c(F)cc1F. The molecule has 0 fully saturated rings. The number of hydrogen-bond donors (Lipinski definition) is 1. The predicted molar refractivity (Wildman–Crippen MR) is 94.2 cm³/mol. The molecule has 2 rings (SSSR count). The fourth-order valence-corrected chi connectivity index (χ4v) is 2.39. The van der Waals surface area contributed by atoms with Crippen LogP contribution in [0.3, 0.4) is 0 Å². The van der Waals surface area contributed by atoms with Gasteiger partial charge in [0.1, 0.15) is 23.1 Å². The van der Waals surface area contributed by atoms with Crippen LogP contribution in [0.2, 0.25) is 0 Å². The summed E-state index contributed by atoms with van der Waals surface area (Å²) in [6.07, 6.45) is 0.368. The normalized spacial score (nSPS) is 10.3.